The molecule has 8 heteroatoms. The van der Waals surface area contributed by atoms with Gasteiger partial charge in [-0.1, -0.05) is 41.1 Å². The molecule has 1 saturated heterocycles. The molecule has 6 nitrogen and oxygen atoms in total. The van der Waals surface area contributed by atoms with Gasteiger partial charge in [0.2, 0.25) is 15.9 Å². The van der Waals surface area contributed by atoms with Crippen LogP contribution in [0.3, 0.4) is 0 Å². The minimum atomic E-state index is -3.70. The highest BCUT2D eigenvalue weighted by atomic mass is 79.9. The summed E-state index contributed by atoms with van der Waals surface area (Å²) in [5.74, 6) is -0.157. The Morgan fingerprint density at radius 2 is 1.61 bits per heavy atom. The van der Waals surface area contributed by atoms with Gasteiger partial charge in [-0.3, -0.25) is 4.79 Å². The minimum Gasteiger partial charge on any atom is -0.368 e. The maximum Gasteiger partial charge on any atom is 0.243 e. The van der Waals surface area contributed by atoms with Gasteiger partial charge in [0, 0.05) is 42.9 Å². The number of piperazine rings is 1. The molecule has 0 atom stereocenters. The van der Waals surface area contributed by atoms with Crippen LogP contribution in [-0.4, -0.2) is 62.8 Å². The average molecular weight is 466 g/mol. The molecule has 0 saturated carbocycles. The number of sulfonamides is 1. The van der Waals surface area contributed by atoms with E-state index in [0.29, 0.717) is 13.1 Å². The molecule has 3 rings (SSSR count). The molecule has 0 spiro atoms. The summed E-state index contributed by atoms with van der Waals surface area (Å²) >= 11 is 3.31. The van der Waals surface area contributed by atoms with Crippen LogP contribution in [0.2, 0.25) is 0 Å². The van der Waals surface area contributed by atoms with Gasteiger partial charge in [0.05, 0.1) is 11.4 Å². The van der Waals surface area contributed by atoms with E-state index >= 15 is 0 Å². The Morgan fingerprint density at radius 3 is 2.18 bits per heavy atom. The molecule has 2 aromatic carbocycles. The van der Waals surface area contributed by atoms with Crippen LogP contribution in [0.4, 0.5) is 5.69 Å². The summed E-state index contributed by atoms with van der Waals surface area (Å²) in [4.78, 5) is 16.9. The summed E-state index contributed by atoms with van der Waals surface area (Å²) in [6.07, 6.45) is 0. The van der Waals surface area contributed by atoms with Crippen LogP contribution < -0.4 is 4.90 Å². The van der Waals surface area contributed by atoms with Crippen molar-refractivity contribution in [2.24, 2.45) is 0 Å². The van der Waals surface area contributed by atoms with E-state index in [1.54, 1.807) is 36.1 Å². The lowest BCUT2D eigenvalue weighted by atomic mass is 10.2. The molecular formula is C20H24BrN3O3S. The van der Waals surface area contributed by atoms with Gasteiger partial charge < -0.3 is 9.80 Å². The third kappa shape index (κ3) is 4.74. The number of carbonyl (C=O) groups is 1. The highest BCUT2D eigenvalue weighted by Gasteiger charge is 2.28. The van der Waals surface area contributed by atoms with E-state index in [-0.39, 0.29) is 23.9 Å². The third-order valence-electron chi connectivity index (χ3n) is 4.87. The number of anilines is 1. The first-order chi connectivity index (χ1) is 13.4. The Labute approximate surface area is 174 Å². The number of benzene rings is 2. The molecule has 1 aliphatic heterocycles. The predicted molar refractivity (Wildman–Crippen MR) is 114 cm³/mol. The smallest absolute Gasteiger partial charge is 0.243 e. The van der Waals surface area contributed by atoms with Crippen LogP contribution in [-0.2, 0) is 14.8 Å². The van der Waals surface area contributed by atoms with Gasteiger partial charge in [0.25, 0.3) is 0 Å². The van der Waals surface area contributed by atoms with E-state index in [9.17, 15) is 13.2 Å². The molecular weight excluding hydrogens is 442 g/mol. The first-order valence-corrected chi connectivity index (χ1v) is 11.5. The van der Waals surface area contributed by atoms with Gasteiger partial charge in [-0.25, -0.2) is 8.42 Å². The van der Waals surface area contributed by atoms with Crippen LogP contribution in [0.5, 0.6) is 0 Å². The Kier molecular flexibility index (Phi) is 6.74. The first-order valence-electron chi connectivity index (χ1n) is 9.25. The van der Waals surface area contributed by atoms with E-state index in [0.717, 1.165) is 23.2 Å². The zero-order valence-corrected chi connectivity index (χ0v) is 18.2. The molecule has 1 aliphatic rings. The fourth-order valence-corrected chi connectivity index (χ4v) is 4.89. The zero-order valence-electron chi connectivity index (χ0n) is 15.8. The molecule has 0 radical (unpaired) electrons. The van der Waals surface area contributed by atoms with E-state index in [1.807, 2.05) is 18.2 Å². The summed E-state index contributed by atoms with van der Waals surface area (Å²) in [5, 5.41) is 0. The van der Waals surface area contributed by atoms with Gasteiger partial charge in [0.15, 0.2) is 0 Å². The maximum absolute atomic E-state index is 12.9. The lowest BCUT2D eigenvalue weighted by Gasteiger charge is -2.36. The van der Waals surface area contributed by atoms with Gasteiger partial charge in [-0.15, -0.1) is 0 Å². The topological polar surface area (TPSA) is 60.9 Å². The summed E-state index contributed by atoms with van der Waals surface area (Å²) in [6, 6.07) is 16.6. The summed E-state index contributed by atoms with van der Waals surface area (Å²) < 4.78 is 27.8. The van der Waals surface area contributed by atoms with Crippen molar-refractivity contribution in [2.45, 2.75) is 11.8 Å². The van der Waals surface area contributed by atoms with E-state index < -0.39 is 10.0 Å². The number of hydrogen-bond donors (Lipinski definition) is 0. The van der Waals surface area contributed by atoms with Crippen molar-refractivity contribution >= 4 is 37.5 Å². The lowest BCUT2D eigenvalue weighted by Crippen LogP contribution is -2.51. The SMILES string of the molecule is CCN(CC(=O)N1CCN(c2ccccc2)CC1)S(=O)(=O)c1ccc(Br)cc1. The van der Waals surface area contributed by atoms with Crippen LogP contribution >= 0.6 is 15.9 Å². The second-order valence-electron chi connectivity index (χ2n) is 6.59. The lowest BCUT2D eigenvalue weighted by molar-refractivity contribution is -0.131. The quantitative estimate of drug-likeness (QED) is 0.657. The highest BCUT2D eigenvalue weighted by molar-refractivity contribution is 9.10. The molecule has 0 unspecified atom stereocenters. The number of carbonyl (C=O) groups excluding carboxylic acids is 1. The summed E-state index contributed by atoms with van der Waals surface area (Å²) in [7, 11) is -3.70. The van der Waals surface area contributed by atoms with Crippen molar-refractivity contribution in [3.8, 4) is 0 Å². The van der Waals surface area contributed by atoms with Crippen molar-refractivity contribution in [1.82, 2.24) is 9.21 Å². The molecule has 0 N–H and O–H groups in total. The highest BCUT2D eigenvalue weighted by Crippen LogP contribution is 2.20. The Hall–Kier alpha value is -1.90. The van der Waals surface area contributed by atoms with Crippen LogP contribution in [0.25, 0.3) is 0 Å². The molecule has 0 bridgehead atoms. The summed E-state index contributed by atoms with van der Waals surface area (Å²) in [5.41, 5.74) is 1.14. The van der Waals surface area contributed by atoms with Crippen LogP contribution in [0, 0.1) is 0 Å². The van der Waals surface area contributed by atoms with Crippen molar-refractivity contribution in [2.75, 3.05) is 44.2 Å². The molecule has 0 aromatic heterocycles. The molecule has 1 amide bonds. The zero-order chi connectivity index (χ0) is 20.1. The molecule has 1 fully saturated rings. The monoisotopic (exact) mass is 465 g/mol. The average Bonchev–Trinajstić information content (AvgIpc) is 2.72. The first kappa shape index (κ1) is 20.8. The predicted octanol–water partition coefficient (Wildman–Crippen LogP) is 2.81. The number of halogens is 1. The van der Waals surface area contributed by atoms with E-state index in [1.165, 1.54) is 4.31 Å². The number of hydrogen-bond acceptors (Lipinski definition) is 4. The number of para-hydroxylation sites is 1. The second-order valence-corrected chi connectivity index (χ2v) is 9.44. The summed E-state index contributed by atoms with van der Waals surface area (Å²) in [6.45, 7) is 4.50. The Morgan fingerprint density at radius 1 is 1.00 bits per heavy atom. The number of likely N-dealkylation sites (N-methyl/N-ethyl adjacent to an activating group) is 1. The second kappa shape index (κ2) is 9.07. The maximum atomic E-state index is 12.9. The van der Waals surface area contributed by atoms with E-state index in [4.69, 9.17) is 0 Å². The third-order valence-corrected chi connectivity index (χ3v) is 7.33. The van der Waals surface area contributed by atoms with Crippen molar-refractivity contribution in [1.29, 1.82) is 0 Å². The van der Waals surface area contributed by atoms with Gasteiger partial charge in [-0.2, -0.15) is 4.31 Å². The standard InChI is InChI=1S/C20H24BrN3O3S/c1-2-24(28(26,27)19-10-8-17(21)9-11-19)16-20(25)23-14-12-22(13-15-23)18-6-4-3-5-7-18/h3-11H,2,12-16H2,1H3. The fourth-order valence-electron chi connectivity index (χ4n) is 3.23. The molecule has 1 heterocycles. The van der Waals surface area contributed by atoms with Crippen LogP contribution in [0.1, 0.15) is 6.92 Å². The van der Waals surface area contributed by atoms with Crippen molar-refractivity contribution in [3.63, 3.8) is 0 Å². The Balaban J connectivity index is 1.62. The van der Waals surface area contributed by atoms with Crippen LogP contribution in [0.15, 0.2) is 64.0 Å². The molecule has 0 aliphatic carbocycles. The van der Waals surface area contributed by atoms with E-state index in [2.05, 4.69) is 33.0 Å². The Bertz CT molecular complexity index is 896. The number of rotatable bonds is 6. The van der Waals surface area contributed by atoms with Gasteiger partial charge in [-0.05, 0) is 36.4 Å². The largest absolute Gasteiger partial charge is 0.368 e. The van der Waals surface area contributed by atoms with Crippen molar-refractivity contribution in [3.05, 3.63) is 59.1 Å². The normalized spacial score (nSPS) is 15.1. The van der Waals surface area contributed by atoms with Gasteiger partial charge >= 0.3 is 0 Å². The minimum absolute atomic E-state index is 0.139. The molecule has 28 heavy (non-hydrogen) atoms. The van der Waals surface area contributed by atoms with Gasteiger partial charge in [0.1, 0.15) is 0 Å². The fraction of sp³-hybridized carbons (Fsp3) is 0.350. The molecule has 2 aromatic rings. The van der Waals surface area contributed by atoms with Crippen molar-refractivity contribution < 1.29 is 13.2 Å². The molecule has 150 valence electrons. The number of amides is 1. The number of nitrogens with zero attached hydrogens (tertiary/aromatic N) is 3.